The molecule has 0 aliphatic heterocycles. The maximum absolute atomic E-state index is 10.7. The zero-order chi connectivity index (χ0) is 13.0. The minimum Gasteiger partial charge on any atom is -0.759 e. The van der Waals surface area contributed by atoms with Crippen molar-refractivity contribution in [2.45, 2.75) is 4.90 Å². The zero-order valence-corrected chi connectivity index (χ0v) is 12.9. The van der Waals surface area contributed by atoms with Crippen LogP contribution in [0.5, 0.6) is 0 Å². The first kappa shape index (κ1) is 19.6. The number of primary sulfonamides is 1. The molecule has 92 valence electrons. The average Bonchev–Trinajstić information content (AvgIpc) is 1.99. The average molecular weight is 356 g/mol. The molecule has 7 nitrogen and oxygen atoms in total. The molecule has 0 heterocycles. The zero-order valence-electron chi connectivity index (χ0n) is 8.24. The molecule has 1 aromatic rings. The van der Waals surface area contributed by atoms with Gasteiger partial charge >= 0.3 is 23.1 Å². The molecule has 1 aromatic carbocycles. The van der Waals surface area contributed by atoms with Gasteiger partial charge in [-0.05, 0) is 18.2 Å². The van der Waals surface area contributed by atoms with Gasteiger partial charge in [-0.1, -0.05) is 22.0 Å². The van der Waals surface area contributed by atoms with Gasteiger partial charge in [-0.15, -0.1) is 0 Å². The fourth-order valence-corrected chi connectivity index (χ4v) is 1.75. The van der Waals surface area contributed by atoms with Crippen LogP contribution in [0, 0.1) is 0 Å². The molecule has 0 bridgehead atoms. The number of nitrogens with two attached hydrogens (primary N) is 1. The monoisotopic (exact) mass is 355 g/mol. The van der Waals surface area contributed by atoms with E-state index in [4.69, 9.17) is 22.7 Å². The summed E-state index contributed by atoms with van der Waals surface area (Å²) in [6.07, 6.45) is 0. The molecule has 0 spiro atoms. The van der Waals surface area contributed by atoms with Crippen LogP contribution in [0.1, 0.15) is 0 Å². The summed E-state index contributed by atoms with van der Waals surface area (Å²) < 4.78 is 56.3. The van der Waals surface area contributed by atoms with E-state index in [1.807, 2.05) is 0 Å². The summed E-state index contributed by atoms with van der Waals surface area (Å²) in [7, 11) is -8.72. The summed E-state index contributed by atoms with van der Waals surface area (Å²) in [6, 6.07) is 6.24. The molecule has 0 unspecified atom stereocenters. The van der Waals surface area contributed by atoms with E-state index >= 15 is 0 Å². The van der Waals surface area contributed by atoms with Crippen molar-refractivity contribution in [3.8, 4) is 0 Å². The first-order chi connectivity index (χ1) is 7.00. The van der Waals surface area contributed by atoms with E-state index in [0.29, 0.717) is 4.47 Å². The Kier molecular flexibility index (Phi) is 8.79. The molecule has 0 atom stereocenters. The summed E-state index contributed by atoms with van der Waals surface area (Å²) >= 11 is 3.13. The molecule has 0 amide bonds. The van der Waals surface area contributed by atoms with Gasteiger partial charge in [0.1, 0.15) is 0 Å². The second kappa shape index (κ2) is 7.63. The van der Waals surface area contributed by atoms with Crippen LogP contribution in [0.2, 0.25) is 0 Å². The van der Waals surface area contributed by atoms with Gasteiger partial charge in [0.05, 0.1) is 4.90 Å². The van der Waals surface area contributed by atoms with Crippen molar-refractivity contribution in [1.82, 2.24) is 0 Å². The second-order valence-electron chi connectivity index (χ2n) is 2.41. The molecular formula is C6H6BrMgNO6S2. The predicted octanol–water partition coefficient (Wildman–Crippen LogP) is -0.622. The van der Waals surface area contributed by atoms with Gasteiger partial charge in [0.2, 0.25) is 10.0 Å². The van der Waals surface area contributed by atoms with Gasteiger partial charge in [0, 0.05) is 14.9 Å². The van der Waals surface area contributed by atoms with Crippen molar-refractivity contribution in [3.05, 3.63) is 28.7 Å². The molecule has 17 heavy (non-hydrogen) atoms. The number of halogens is 1. The summed E-state index contributed by atoms with van der Waals surface area (Å²) in [6.45, 7) is 0. The fourth-order valence-electron chi connectivity index (χ4n) is 0.644. The number of hydrogen-bond donors (Lipinski definition) is 1. The third-order valence-corrected chi connectivity index (χ3v) is 2.53. The van der Waals surface area contributed by atoms with Crippen molar-refractivity contribution in [3.63, 3.8) is 0 Å². The van der Waals surface area contributed by atoms with Gasteiger partial charge in [-0.2, -0.15) is 0 Å². The Morgan fingerprint density at radius 3 is 1.76 bits per heavy atom. The maximum atomic E-state index is 10.7. The van der Waals surface area contributed by atoms with E-state index in [0.717, 1.165) is 0 Å². The molecule has 0 saturated heterocycles. The standard InChI is InChI=1S/C6H6BrNO2S.Mg.H2O4S/c7-5-2-1-3-6(4-5)11(8,9)10;;1-5(2,3)4/h1-4H,(H2,8,9,10);;(H2,1,2,3,4)/q;+2;/p-2. The number of hydrogen-bond acceptors (Lipinski definition) is 6. The number of sulfonamides is 1. The largest absolute Gasteiger partial charge is 2.00 e. The molecule has 0 aliphatic carbocycles. The van der Waals surface area contributed by atoms with Crippen LogP contribution in [0.3, 0.4) is 0 Å². The van der Waals surface area contributed by atoms with E-state index in [9.17, 15) is 8.42 Å². The Morgan fingerprint density at radius 2 is 1.53 bits per heavy atom. The molecule has 0 saturated carbocycles. The van der Waals surface area contributed by atoms with Gasteiger partial charge in [-0.25, -0.2) is 13.6 Å². The molecule has 2 N–H and O–H groups in total. The van der Waals surface area contributed by atoms with Crippen molar-refractivity contribution in [2.75, 3.05) is 0 Å². The van der Waals surface area contributed by atoms with Crippen LogP contribution in [0.4, 0.5) is 0 Å². The summed E-state index contributed by atoms with van der Waals surface area (Å²) in [5.41, 5.74) is 0. The Morgan fingerprint density at radius 1 is 1.12 bits per heavy atom. The van der Waals surface area contributed by atoms with E-state index in [1.165, 1.54) is 12.1 Å². The van der Waals surface area contributed by atoms with E-state index in [-0.39, 0.29) is 27.9 Å². The quantitative estimate of drug-likeness (QED) is 0.404. The molecular weight excluding hydrogens is 350 g/mol. The number of benzene rings is 1. The van der Waals surface area contributed by atoms with E-state index in [1.54, 1.807) is 12.1 Å². The molecule has 0 radical (unpaired) electrons. The van der Waals surface area contributed by atoms with Crippen LogP contribution in [0.15, 0.2) is 33.6 Å². The molecule has 0 aromatic heterocycles. The third-order valence-electron chi connectivity index (χ3n) is 1.12. The molecule has 0 aliphatic rings. The first-order valence-electron chi connectivity index (χ1n) is 3.45. The second-order valence-corrected chi connectivity index (χ2v) is 5.70. The Balaban J connectivity index is 0. The van der Waals surface area contributed by atoms with Crippen LogP contribution >= 0.6 is 15.9 Å². The minimum atomic E-state index is -5.17. The van der Waals surface area contributed by atoms with E-state index in [2.05, 4.69) is 15.9 Å². The van der Waals surface area contributed by atoms with Crippen molar-refractivity contribution >= 4 is 59.4 Å². The summed E-state index contributed by atoms with van der Waals surface area (Å²) in [5.74, 6) is 0. The van der Waals surface area contributed by atoms with Crippen LogP contribution < -0.4 is 5.14 Å². The first-order valence-corrected chi connectivity index (χ1v) is 7.12. The van der Waals surface area contributed by atoms with Gasteiger partial charge in [0.25, 0.3) is 0 Å². The summed E-state index contributed by atoms with van der Waals surface area (Å²) in [4.78, 5) is 0.117. The minimum absolute atomic E-state index is 0. The van der Waals surface area contributed by atoms with Crippen LogP contribution in [-0.2, 0) is 20.4 Å². The molecule has 1 rings (SSSR count). The predicted molar refractivity (Wildman–Crippen MR) is 61.7 cm³/mol. The van der Waals surface area contributed by atoms with Gasteiger partial charge in [0.15, 0.2) is 0 Å². The topological polar surface area (TPSA) is 140 Å². The smallest absolute Gasteiger partial charge is 0.759 e. The molecule has 11 heteroatoms. The SMILES string of the molecule is NS(=O)(=O)c1cccc(Br)c1.O=S(=O)([O-])[O-].[Mg+2]. The van der Waals surface area contributed by atoms with Crippen molar-refractivity contribution < 1.29 is 25.9 Å². The fraction of sp³-hybridized carbons (Fsp3) is 0. The Hall–Kier alpha value is 0.246. The van der Waals surface area contributed by atoms with Crippen LogP contribution in [0.25, 0.3) is 0 Å². The van der Waals surface area contributed by atoms with Crippen molar-refractivity contribution in [1.29, 1.82) is 0 Å². The number of rotatable bonds is 1. The molecule has 0 fully saturated rings. The van der Waals surface area contributed by atoms with Gasteiger partial charge < -0.3 is 9.11 Å². The third kappa shape index (κ3) is 12.5. The maximum Gasteiger partial charge on any atom is 2.00 e. The van der Waals surface area contributed by atoms with Gasteiger partial charge in [-0.3, -0.25) is 8.42 Å². The van der Waals surface area contributed by atoms with Crippen LogP contribution in [-0.4, -0.2) is 49.0 Å². The Labute approximate surface area is 123 Å². The van der Waals surface area contributed by atoms with Crippen molar-refractivity contribution in [2.24, 2.45) is 5.14 Å². The Bertz CT molecular complexity index is 550. The summed E-state index contributed by atoms with van der Waals surface area (Å²) in [5, 5.41) is 4.88. The van der Waals surface area contributed by atoms with E-state index < -0.39 is 20.4 Å². The normalized spacial score (nSPS) is 10.8.